The molecule has 2 atom stereocenters. The van der Waals surface area contributed by atoms with Crippen LogP contribution in [0.3, 0.4) is 0 Å². The molecule has 0 bridgehead atoms. The van der Waals surface area contributed by atoms with Gasteiger partial charge in [0, 0.05) is 19.4 Å². The predicted molar refractivity (Wildman–Crippen MR) is 160 cm³/mol. The van der Waals surface area contributed by atoms with Crippen molar-refractivity contribution < 1.29 is 37.6 Å². The number of rotatable bonds is 30. The van der Waals surface area contributed by atoms with Gasteiger partial charge in [-0.25, -0.2) is 4.57 Å². The third kappa shape index (κ3) is 27.2. The summed E-state index contributed by atoms with van der Waals surface area (Å²) in [4.78, 5) is 34.2. The summed E-state index contributed by atoms with van der Waals surface area (Å²) in [6.45, 7) is 3.62. The molecule has 0 heterocycles. The van der Waals surface area contributed by atoms with Crippen molar-refractivity contribution in [1.29, 1.82) is 0 Å². The van der Waals surface area contributed by atoms with Gasteiger partial charge in [0.15, 0.2) is 6.10 Å². The second-order valence-electron chi connectivity index (χ2n) is 10.7. The van der Waals surface area contributed by atoms with Crippen molar-refractivity contribution in [3.8, 4) is 0 Å². The highest BCUT2D eigenvalue weighted by molar-refractivity contribution is 7.47. The maximum atomic E-state index is 12.4. The third-order valence-electron chi connectivity index (χ3n) is 6.74. The van der Waals surface area contributed by atoms with Crippen LogP contribution in [-0.2, 0) is 32.7 Å². The van der Waals surface area contributed by atoms with E-state index in [2.05, 4.69) is 13.8 Å². The summed E-state index contributed by atoms with van der Waals surface area (Å²) in [5.74, 6) is -0.838. The molecule has 238 valence electrons. The zero-order valence-electron chi connectivity index (χ0n) is 25.6. The molecule has 0 rings (SSSR count). The van der Waals surface area contributed by atoms with Crippen molar-refractivity contribution in [2.24, 2.45) is 5.73 Å². The summed E-state index contributed by atoms with van der Waals surface area (Å²) in [7, 11) is -4.35. The first-order valence-corrected chi connectivity index (χ1v) is 17.5. The Bertz CT molecular complexity index is 649. The van der Waals surface area contributed by atoms with Gasteiger partial charge in [-0.3, -0.25) is 18.6 Å². The monoisotopic (exact) mass is 593 g/mol. The second-order valence-corrected chi connectivity index (χ2v) is 12.1. The third-order valence-corrected chi connectivity index (χ3v) is 7.73. The Kier molecular flexibility index (Phi) is 27.4. The Morgan fingerprint density at radius 3 is 1.52 bits per heavy atom. The van der Waals surface area contributed by atoms with Crippen LogP contribution in [0.2, 0.25) is 0 Å². The minimum absolute atomic E-state index is 0.0569. The standard InChI is InChI=1S/C30H60NO8P/c1-3-5-7-9-10-11-12-13-14-15-16-17-19-21-23-30(33)39-28(27-38-40(34,35)37-25-24-31)26-36-29(32)22-20-18-8-6-4-2/h28H,3-27,31H2,1-2H3,(H,34,35)/t28-/m1/s1. The molecule has 0 aromatic rings. The lowest BCUT2D eigenvalue weighted by molar-refractivity contribution is -0.161. The number of carbonyl (C=O) groups excluding carboxylic acids is 2. The van der Waals surface area contributed by atoms with E-state index in [1.54, 1.807) is 0 Å². The molecule has 10 heteroatoms. The lowest BCUT2D eigenvalue weighted by Crippen LogP contribution is -2.29. The summed E-state index contributed by atoms with van der Waals surface area (Å²) in [6.07, 6.45) is 21.7. The zero-order valence-corrected chi connectivity index (χ0v) is 26.5. The molecule has 1 unspecified atom stereocenters. The van der Waals surface area contributed by atoms with Crippen molar-refractivity contribution in [3.05, 3.63) is 0 Å². The number of esters is 2. The van der Waals surface area contributed by atoms with Crippen LogP contribution < -0.4 is 5.73 Å². The molecule has 0 spiro atoms. The predicted octanol–water partition coefficient (Wildman–Crippen LogP) is 7.77. The molecule has 3 N–H and O–H groups in total. The maximum Gasteiger partial charge on any atom is 0.472 e. The van der Waals surface area contributed by atoms with Crippen molar-refractivity contribution in [2.45, 2.75) is 155 Å². The van der Waals surface area contributed by atoms with E-state index < -0.39 is 32.5 Å². The maximum absolute atomic E-state index is 12.4. The Labute approximate surface area is 244 Å². The first-order chi connectivity index (χ1) is 19.3. The van der Waals surface area contributed by atoms with E-state index in [0.717, 1.165) is 44.9 Å². The van der Waals surface area contributed by atoms with E-state index in [1.807, 2.05) is 0 Å². The van der Waals surface area contributed by atoms with Crippen LogP contribution >= 0.6 is 7.82 Å². The highest BCUT2D eigenvalue weighted by Crippen LogP contribution is 2.43. The summed E-state index contributed by atoms with van der Waals surface area (Å²) in [6, 6.07) is 0. The summed E-state index contributed by atoms with van der Waals surface area (Å²) in [5.41, 5.74) is 5.29. The van der Waals surface area contributed by atoms with E-state index >= 15 is 0 Å². The highest BCUT2D eigenvalue weighted by Gasteiger charge is 2.25. The molecule has 0 radical (unpaired) electrons. The fourth-order valence-electron chi connectivity index (χ4n) is 4.34. The smallest absolute Gasteiger partial charge is 0.462 e. The number of ether oxygens (including phenoxy) is 2. The minimum Gasteiger partial charge on any atom is -0.462 e. The van der Waals surface area contributed by atoms with Gasteiger partial charge in [0.2, 0.25) is 0 Å². The van der Waals surface area contributed by atoms with Gasteiger partial charge in [0.25, 0.3) is 0 Å². The first-order valence-electron chi connectivity index (χ1n) is 16.0. The minimum atomic E-state index is -4.35. The van der Waals surface area contributed by atoms with Crippen LogP contribution in [0.25, 0.3) is 0 Å². The summed E-state index contributed by atoms with van der Waals surface area (Å²) in [5, 5.41) is 0. The van der Waals surface area contributed by atoms with Gasteiger partial charge in [0.1, 0.15) is 6.61 Å². The lowest BCUT2D eigenvalue weighted by Gasteiger charge is -2.19. The normalized spacial score (nSPS) is 13.6. The average molecular weight is 594 g/mol. The molecule has 0 amide bonds. The SMILES string of the molecule is CCCCCCCCCCCCCCCCC(=O)O[C@H](COC(=O)CCCCCCC)COP(=O)(O)OCCN. The lowest BCUT2D eigenvalue weighted by atomic mass is 10.0. The number of hydrogen-bond acceptors (Lipinski definition) is 8. The van der Waals surface area contributed by atoms with E-state index in [-0.39, 0.29) is 32.6 Å². The molecule has 40 heavy (non-hydrogen) atoms. The zero-order chi connectivity index (χ0) is 29.7. The molecule has 0 aliphatic rings. The second kappa shape index (κ2) is 28.1. The highest BCUT2D eigenvalue weighted by atomic mass is 31.2. The fourth-order valence-corrected chi connectivity index (χ4v) is 5.10. The van der Waals surface area contributed by atoms with Crippen molar-refractivity contribution in [3.63, 3.8) is 0 Å². The molecule has 0 aromatic carbocycles. The molecule has 0 aromatic heterocycles. The molecule has 0 fully saturated rings. The average Bonchev–Trinajstić information content (AvgIpc) is 2.93. The molecule has 0 saturated heterocycles. The molecular formula is C30H60NO8P. The molecule has 0 aliphatic heterocycles. The van der Waals surface area contributed by atoms with Crippen LogP contribution in [0, 0.1) is 0 Å². The fraction of sp³-hybridized carbons (Fsp3) is 0.933. The van der Waals surface area contributed by atoms with E-state index in [0.29, 0.717) is 6.42 Å². The number of hydrogen-bond donors (Lipinski definition) is 2. The van der Waals surface area contributed by atoms with E-state index in [9.17, 15) is 19.0 Å². The van der Waals surface area contributed by atoms with Crippen LogP contribution in [0.1, 0.15) is 149 Å². The van der Waals surface area contributed by atoms with Crippen LogP contribution in [0.4, 0.5) is 0 Å². The Balaban J connectivity index is 4.19. The molecule has 0 saturated carbocycles. The van der Waals surface area contributed by atoms with Gasteiger partial charge in [-0.05, 0) is 12.8 Å². The van der Waals surface area contributed by atoms with Crippen molar-refractivity contribution in [2.75, 3.05) is 26.4 Å². The number of phosphoric ester groups is 1. The van der Waals surface area contributed by atoms with E-state index in [1.165, 1.54) is 70.6 Å². The largest absolute Gasteiger partial charge is 0.472 e. The van der Waals surface area contributed by atoms with Gasteiger partial charge >= 0.3 is 19.8 Å². The van der Waals surface area contributed by atoms with Crippen LogP contribution in [-0.4, -0.2) is 49.3 Å². The van der Waals surface area contributed by atoms with E-state index in [4.69, 9.17) is 24.3 Å². The first kappa shape index (κ1) is 39.0. The Hall–Kier alpha value is -0.990. The Morgan fingerprint density at radius 2 is 1.07 bits per heavy atom. The Morgan fingerprint density at radius 1 is 0.650 bits per heavy atom. The van der Waals surface area contributed by atoms with Crippen molar-refractivity contribution in [1.82, 2.24) is 0 Å². The van der Waals surface area contributed by atoms with Crippen molar-refractivity contribution >= 4 is 19.8 Å². The summed E-state index contributed by atoms with van der Waals surface area (Å²) >= 11 is 0. The number of nitrogens with two attached hydrogens (primary N) is 1. The molecule has 0 aliphatic carbocycles. The topological polar surface area (TPSA) is 134 Å². The number of unbranched alkanes of at least 4 members (excludes halogenated alkanes) is 17. The van der Waals surface area contributed by atoms with Gasteiger partial charge < -0.3 is 20.1 Å². The van der Waals surface area contributed by atoms with Crippen LogP contribution in [0.15, 0.2) is 0 Å². The van der Waals surface area contributed by atoms with Gasteiger partial charge in [-0.15, -0.1) is 0 Å². The molecular weight excluding hydrogens is 533 g/mol. The molecule has 9 nitrogen and oxygen atoms in total. The number of phosphoric acid groups is 1. The van der Waals surface area contributed by atoms with Gasteiger partial charge in [0.05, 0.1) is 13.2 Å². The van der Waals surface area contributed by atoms with Gasteiger partial charge in [-0.2, -0.15) is 0 Å². The van der Waals surface area contributed by atoms with Gasteiger partial charge in [-0.1, -0.05) is 123 Å². The quantitative estimate of drug-likeness (QED) is 0.0486. The number of carbonyl (C=O) groups is 2. The van der Waals surface area contributed by atoms with Crippen LogP contribution in [0.5, 0.6) is 0 Å². The summed E-state index contributed by atoms with van der Waals surface area (Å²) < 4.78 is 32.3.